The minimum Gasteiger partial charge on any atom is -0.443 e. The Hall–Kier alpha value is -1.91. The van der Waals surface area contributed by atoms with Crippen LogP contribution in [0.3, 0.4) is 0 Å². The van der Waals surface area contributed by atoms with Gasteiger partial charge in [-0.3, -0.25) is 9.69 Å². The molecule has 0 saturated carbocycles. The highest BCUT2D eigenvalue weighted by Gasteiger charge is 2.23. The van der Waals surface area contributed by atoms with E-state index in [0.29, 0.717) is 5.69 Å². The van der Waals surface area contributed by atoms with Crippen molar-refractivity contribution >= 4 is 18.1 Å². The molecule has 0 heterocycles. The summed E-state index contributed by atoms with van der Waals surface area (Å²) in [5.41, 5.74) is -0.285. The molecule has 1 aromatic carbocycles. The van der Waals surface area contributed by atoms with Gasteiger partial charge in [-0.15, -0.1) is 0 Å². The molecule has 18 heavy (non-hydrogen) atoms. The van der Waals surface area contributed by atoms with Gasteiger partial charge in [0.05, 0.1) is 6.54 Å². The Morgan fingerprint density at radius 1 is 1.33 bits per heavy atom. The minimum absolute atomic E-state index is 0.263. The average Bonchev–Trinajstić information content (AvgIpc) is 2.25. The van der Waals surface area contributed by atoms with E-state index in [1.165, 1.54) is 24.3 Å². The van der Waals surface area contributed by atoms with Crippen molar-refractivity contribution in [1.29, 1.82) is 0 Å². The first kappa shape index (κ1) is 14.2. The molecule has 1 aromatic rings. The Bertz CT molecular complexity index is 423. The third-order valence-electron chi connectivity index (χ3n) is 1.97. The Kier molecular flexibility index (Phi) is 4.42. The third-order valence-corrected chi connectivity index (χ3v) is 1.97. The number of hydrogen-bond donors (Lipinski definition) is 0. The van der Waals surface area contributed by atoms with Gasteiger partial charge < -0.3 is 4.74 Å². The molecule has 1 amide bonds. The number of rotatable bonds is 3. The molecule has 0 aliphatic carbocycles. The summed E-state index contributed by atoms with van der Waals surface area (Å²) in [7, 11) is 0. The predicted octanol–water partition coefficient (Wildman–Crippen LogP) is 2.68. The highest BCUT2D eigenvalue weighted by atomic mass is 19.1. The Morgan fingerprint density at radius 3 is 2.33 bits per heavy atom. The molecule has 0 atom stereocenters. The number of carbonyl (C=O) groups is 1. The number of amides is 1. The van der Waals surface area contributed by atoms with Gasteiger partial charge in [0, 0.05) is 5.69 Å². The van der Waals surface area contributed by atoms with Crippen LogP contribution in [0.2, 0.25) is 0 Å². The normalized spacial score (nSPS) is 10.9. The summed E-state index contributed by atoms with van der Waals surface area (Å²) >= 11 is 0. The highest BCUT2D eigenvalue weighted by Crippen LogP contribution is 2.18. The van der Waals surface area contributed by atoms with Gasteiger partial charge in [0.25, 0.3) is 0 Å². The van der Waals surface area contributed by atoms with Gasteiger partial charge in [0.1, 0.15) is 11.4 Å². The van der Waals surface area contributed by atoms with Gasteiger partial charge in [-0.25, -0.2) is 9.18 Å². The smallest absolute Gasteiger partial charge is 0.415 e. The lowest BCUT2D eigenvalue weighted by atomic mass is 10.2. The molecule has 5 heteroatoms. The lowest BCUT2D eigenvalue weighted by Gasteiger charge is -2.26. The number of ether oxygens (including phenoxy) is 1. The van der Waals surface area contributed by atoms with Crippen LogP contribution in [0, 0.1) is 5.82 Å². The van der Waals surface area contributed by atoms with E-state index in [4.69, 9.17) is 4.74 Å². The van der Waals surface area contributed by atoms with Crippen LogP contribution in [0.4, 0.5) is 14.9 Å². The van der Waals surface area contributed by atoms with Crippen molar-refractivity contribution in [3.8, 4) is 0 Å². The SMILES string of the molecule is CC(C)(C)OC(=O)N(C[C]=O)c1ccc(F)cc1. The monoisotopic (exact) mass is 252 g/mol. The van der Waals surface area contributed by atoms with Crippen LogP contribution < -0.4 is 4.90 Å². The standard InChI is InChI=1S/C13H15FNO3/c1-13(2,3)18-12(17)15(8-9-16)11-6-4-10(14)5-7-11/h4-7H,8H2,1-3H3. The second-order valence-corrected chi connectivity index (χ2v) is 4.69. The van der Waals surface area contributed by atoms with Crippen LogP contribution >= 0.6 is 0 Å². The topological polar surface area (TPSA) is 46.6 Å². The van der Waals surface area contributed by atoms with E-state index in [-0.39, 0.29) is 6.54 Å². The van der Waals surface area contributed by atoms with Gasteiger partial charge in [-0.05, 0) is 45.0 Å². The molecule has 1 radical (unpaired) electrons. The molecule has 0 aliphatic heterocycles. The molecule has 0 aromatic heterocycles. The second-order valence-electron chi connectivity index (χ2n) is 4.69. The largest absolute Gasteiger partial charge is 0.443 e. The van der Waals surface area contributed by atoms with Crippen molar-refractivity contribution in [3.05, 3.63) is 30.1 Å². The fourth-order valence-electron chi connectivity index (χ4n) is 1.26. The van der Waals surface area contributed by atoms with Crippen molar-refractivity contribution in [3.63, 3.8) is 0 Å². The van der Waals surface area contributed by atoms with Gasteiger partial charge in [-0.1, -0.05) is 0 Å². The first-order valence-corrected chi connectivity index (χ1v) is 5.44. The van der Waals surface area contributed by atoms with E-state index in [2.05, 4.69) is 0 Å². The maximum atomic E-state index is 12.8. The second kappa shape index (κ2) is 5.62. The van der Waals surface area contributed by atoms with Gasteiger partial charge in [-0.2, -0.15) is 0 Å². The summed E-state index contributed by atoms with van der Waals surface area (Å²) in [4.78, 5) is 23.4. The van der Waals surface area contributed by atoms with Crippen LogP contribution in [0.5, 0.6) is 0 Å². The van der Waals surface area contributed by atoms with E-state index >= 15 is 0 Å². The Morgan fingerprint density at radius 2 is 1.89 bits per heavy atom. The molecule has 0 bridgehead atoms. The minimum atomic E-state index is -0.669. The number of benzene rings is 1. The van der Waals surface area contributed by atoms with Crippen molar-refractivity contribution in [1.82, 2.24) is 0 Å². The summed E-state index contributed by atoms with van der Waals surface area (Å²) in [6, 6.07) is 5.21. The molecule has 0 fully saturated rings. The number of anilines is 1. The molecule has 0 aliphatic rings. The zero-order valence-corrected chi connectivity index (χ0v) is 10.6. The van der Waals surface area contributed by atoms with E-state index in [0.717, 1.165) is 4.90 Å². The van der Waals surface area contributed by atoms with Gasteiger partial charge >= 0.3 is 6.09 Å². The quantitative estimate of drug-likeness (QED) is 0.830. The first-order chi connectivity index (χ1) is 8.33. The zero-order valence-electron chi connectivity index (χ0n) is 10.6. The van der Waals surface area contributed by atoms with Crippen molar-refractivity contribution in [2.75, 3.05) is 11.4 Å². The third kappa shape index (κ3) is 4.16. The zero-order chi connectivity index (χ0) is 13.8. The molecular weight excluding hydrogens is 237 g/mol. The molecule has 1 rings (SSSR count). The van der Waals surface area contributed by atoms with Gasteiger partial charge in [0.2, 0.25) is 6.29 Å². The predicted molar refractivity (Wildman–Crippen MR) is 65.7 cm³/mol. The molecule has 97 valence electrons. The van der Waals surface area contributed by atoms with E-state index in [9.17, 15) is 14.0 Å². The molecule has 0 spiro atoms. The van der Waals surface area contributed by atoms with Crippen LogP contribution in [-0.4, -0.2) is 24.5 Å². The van der Waals surface area contributed by atoms with Crippen LogP contribution in [0.15, 0.2) is 24.3 Å². The van der Waals surface area contributed by atoms with E-state index in [1.807, 2.05) is 0 Å². The lowest BCUT2D eigenvalue weighted by molar-refractivity contribution is 0.0585. The molecule has 0 N–H and O–H groups in total. The molecule has 0 unspecified atom stereocenters. The average molecular weight is 252 g/mol. The number of nitrogens with zero attached hydrogens (tertiary/aromatic N) is 1. The highest BCUT2D eigenvalue weighted by molar-refractivity contribution is 5.91. The van der Waals surface area contributed by atoms with Crippen molar-refractivity contribution < 1.29 is 18.7 Å². The summed E-state index contributed by atoms with van der Waals surface area (Å²) in [5, 5.41) is 0. The molecule has 4 nitrogen and oxygen atoms in total. The maximum Gasteiger partial charge on any atom is 0.415 e. The summed E-state index contributed by atoms with van der Waals surface area (Å²) in [6.07, 6.45) is 0.960. The van der Waals surface area contributed by atoms with Crippen molar-refractivity contribution in [2.45, 2.75) is 26.4 Å². The van der Waals surface area contributed by atoms with E-state index in [1.54, 1.807) is 27.1 Å². The Balaban J connectivity index is 2.91. The Labute approximate surface area is 105 Å². The summed E-state index contributed by atoms with van der Waals surface area (Å²) < 4.78 is 17.9. The van der Waals surface area contributed by atoms with Crippen LogP contribution in [-0.2, 0) is 9.53 Å². The fraction of sp³-hybridized carbons (Fsp3) is 0.385. The van der Waals surface area contributed by atoms with Gasteiger partial charge in [0.15, 0.2) is 0 Å². The number of halogens is 1. The first-order valence-electron chi connectivity index (χ1n) is 5.44. The van der Waals surface area contributed by atoms with E-state index < -0.39 is 17.5 Å². The lowest BCUT2D eigenvalue weighted by Crippen LogP contribution is -2.38. The number of carbonyl (C=O) groups excluding carboxylic acids is 2. The maximum absolute atomic E-state index is 12.8. The molecular formula is C13H15FNO3. The number of hydrogen-bond acceptors (Lipinski definition) is 3. The fourth-order valence-corrected chi connectivity index (χ4v) is 1.26. The van der Waals surface area contributed by atoms with Crippen LogP contribution in [0.1, 0.15) is 20.8 Å². The summed E-state index contributed by atoms with van der Waals surface area (Å²) in [5.74, 6) is -0.419. The van der Waals surface area contributed by atoms with Crippen molar-refractivity contribution in [2.24, 2.45) is 0 Å². The molecule has 0 saturated heterocycles. The summed E-state index contributed by atoms with van der Waals surface area (Å²) in [6.45, 7) is 4.90. The van der Waals surface area contributed by atoms with Crippen LogP contribution in [0.25, 0.3) is 0 Å².